The summed E-state index contributed by atoms with van der Waals surface area (Å²) in [5, 5.41) is 2.79. The predicted octanol–water partition coefficient (Wildman–Crippen LogP) is 6.39. The molecule has 0 unspecified atom stereocenters. The van der Waals surface area contributed by atoms with Crippen molar-refractivity contribution in [2.45, 2.75) is 6.42 Å². The number of halogens is 1. The summed E-state index contributed by atoms with van der Waals surface area (Å²) in [5.74, 6) is 0. The van der Waals surface area contributed by atoms with Crippen molar-refractivity contribution in [3.05, 3.63) is 70.2 Å². The molecule has 0 saturated heterocycles. The zero-order chi connectivity index (χ0) is 14.0. The van der Waals surface area contributed by atoms with Crippen molar-refractivity contribution in [1.29, 1.82) is 0 Å². The minimum absolute atomic E-state index is 1.03. The molecule has 21 heavy (non-hydrogen) atoms. The van der Waals surface area contributed by atoms with E-state index in [-0.39, 0.29) is 0 Å². The Hall–Kier alpha value is -1.64. The summed E-state index contributed by atoms with van der Waals surface area (Å²) >= 11 is 5.59. The van der Waals surface area contributed by atoms with E-state index >= 15 is 0 Å². The molecule has 5 rings (SSSR count). The lowest BCUT2D eigenvalue weighted by Crippen LogP contribution is -1.81. The molecule has 1 aromatic heterocycles. The molecule has 0 radical (unpaired) electrons. The smallest absolute Gasteiger partial charge is 0.0361 e. The molecule has 0 fully saturated rings. The Balaban J connectivity index is 1.88. The lowest BCUT2D eigenvalue weighted by atomic mass is 10.0. The van der Waals surface area contributed by atoms with E-state index in [1.54, 1.807) is 0 Å². The number of hydrogen-bond donors (Lipinski definition) is 0. The van der Waals surface area contributed by atoms with Gasteiger partial charge in [0.1, 0.15) is 0 Å². The van der Waals surface area contributed by atoms with Crippen LogP contribution in [0, 0.1) is 0 Å². The van der Waals surface area contributed by atoms with E-state index in [4.69, 9.17) is 0 Å². The van der Waals surface area contributed by atoms with Crippen LogP contribution in [-0.4, -0.2) is 0 Å². The van der Waals surface area contributed by atoms with Crippen LogP contribution < -0.4 is 0 Å². The largest absolute Gasteiger partial charge is 0.135 e. The summed E-state index contributed by atoms with van der Waals surface area (Å²) in [7, 11) is 0. The molecule has 3 aromatic carbocycles. The highest BCUT2D eigenvalue weighted by Gasteiger charge is 2.21. The molecular formula is C19H11BrS. The Kier molecular flexibility index (Phi) is 2.38. The summed E-state index contributed by atoms with van der Waals surface area (Å²) in [6.07, 6.45) is 1.03. The molecule has 0 aliphatic heterocycles. The van der Waals surface area contributed by atoms with Crippen LogP contribution in [0.25, 0.3) is 31.3 Å². The Labute approximate surface area is 135 Å². The fourth-order valence-electron chi connectivity index (χ4n) is 3.39. The van der Waals surface area contributed by atoms with Gasteiger partial charge in [0, 0.05) is 24.6 Å². The first-order valence-corrected chi connectivity index (χ1v) is 8.64. The third kappa shape index (κ3) is 1.60. The quantitative estimate of drug-likeness (QED) is 0.303. The molecule has 1 aliphatic carbocycles. The van der Waals surface area contributed by atoms with Crippen LogP contribution >= 0.6 is 27.3 Å². The zero-order valence-corrected chi connectivity index (χ0v) is 13.6. The summed E-state index contributed by atoms with van der Waals surface area (Å²) < 4.78 is 4.00. The maximum atomic E-state index is 3.69. The second-order valence-corrected chi connectivity index (χ2v) is 7.48. The van der Waals surface area contributed by atoms with Gasteiger partial charge in [-0.1, -0.05) is 46.3 Å². The molecule has 2 heteroatoms. The summed E-state index contributed by atoms with van der Waals surface area (Å²) in [5.41, 5.74) is 5.67. The van der Waals surface area contributed by atoms with Crippen LogP contribution in [0.5, 0.6) is 0 Å². The van der Waals surface area contributed by atoms with Crippen LogP contribution in [0.2, 0.25) is 0 Å². The topological polar surface area (TPSA) is 0 Å². The highest BCUT2D eigenvalue weighted by atomic mass is 79.9. The van der Waals surface area contributed by atoms with Crippen LogP contribution in [0.4, 0.5) is 0 Å². The monoisotopic (exact) mass is 350 g/mol. The minimum Gasteiger partial charge on any atom is -0.135 e. The summed E-state index contributed by atoms with van der Waals surface area (Å²) in [6, 6.07) is 20.0. The number of rotatable bonds is 0. The van der Waals surface area contributed by atoms with Crippen LogP contribution in [-0.2, 0) is 6.42 Å². The predicted molar refractivity (Wildman–Crippen MR) is 95.3 cm³/mol. The normalized spacial score (nSPS) is 12.8. The van der Waals surface area contributed by atoms with Crippen molar-refractivity contribution in [3.8, 4) is 11.1 Å². The van der Waals surface area contributed by atoms with Gasteiger partial charge in [-0.25, -0.2) is 0 Å². The fourth-order valence-corrected chi connectivity index (χ4v) is 5.03. The number of hydrogen-bond acceptors (Lipinski definition) is 1. The highest BCUT2D eigenvalue weighted by molar-refractivity contribution is 9.10. The van der Waals surface area contributed by atoms with Gasteiger partial charge < -0.3 is 0 Å². The maximum Gasteiger partial charge on any atom is 0.0361 e. The molecule has 0 N–H and O–H groups in total. The van der Waals surface area contributed by atoms with Gasteiger partial charge in [-0.3, -0.25) is 0 Å². The highest BCUT2D eigenvalue weighted by Crippen LogP contribution is 2.44. The Bertz CT molecular complexity index is 1030. The van der Waals surface area contributed by atoms with E-state index in [1.165, 1.54) is 46.9 Å². The number of fused-ring (bicyclic) bond motifs is 6. The van der Waals surface area contributed by atoms with Crippen LogP contribution in [0.15, 0.2) is 59.1 Å². The summed E-state index contributed by atoms with van der Waals surface area (Å²) in [6.45, 7) is 0. The molecule has 1 aliphatic rings. The number of benzene rings is 3. The molecule has 1 heterocycles. The van der Waals surface area contributed by atoms with E-state index < -0.39 is 0 Å². The van der Waals surface area contributed by atoms with E-state index in [2.05, 4.69) is 70.5 Å². The van der Waals surface area contributed by atoms with Crippen molar-refractivity contribution in [2.75, 3.05) is 0 Å². The third-order valence-corrected chi connectivity index (χ3v) is 6.26. The van der Waals surface area contributed by atoms with Gasteiger partial charge in [0.05, 0.1) is 0 Å². The zero-order valence-electron chi connectivity index (χ0n) is 11.2. The van der Waals surface area contributed by atoms with E-state index in [0.29, 0.717) is 0 Å². The van der Waals surface area contributed by atoms with Gasteiger partial charge >= 0.3 is 0 Å². The van der Waals surface area contributed by atoms with Crippen molar-refractivity contribution in [2.24, 2.45) is 0 Å². The second kappa shape index (κ2) is 4.19. The van der Waals surface area contributed by atoms with Gasteiger partial charge in [-0.05, 0) is 52.9 Å². The Morgan fingerprint density at radius 3 is 2.67 bits per heavy atom. The molecule has 0 saturated carbocycles. The molecule has 4 aromatic rings. The SMILES string of the molecule is Brc1cccc2c1Cc1cc3c(cc1-2)sc1ccccc13. The first kappa shape index (κ1) is 12.0. The van der Waals surface area contributed by atoms with Gasteiger partial charge in [0.2, 0.25) is 0 Å². The van der Waals surface area contributed by atoms with E-state index in [1.807, 2.05) is 11.3 Å². The van der Waals surface area contributed by atoms with Crippen molar-refractivity contribution in [1.82, 2.24) is 0 Å². The fraction of sp³-hybridized carbons (Fsp3) is 0.0526. The van der Waals surface area contributed by atoms with E-state index in [9.17, 15) is 0 Å². The lowest BCUT2D eigenvalue weighted by Gasteiger charge is -2.02. The average Bonchev–Trinajstić information content (AvgIpc) is 3.04. The van der Waals surface area contributed by atoms with Crippen molar-refractivity contribution in [3.63, 3.8) is 0 Å². The first-order chi connectivity index (χ1) is 10.3. The molecule has 0 nitrogen and oxygen atoms in total. The molecule has 0 bridgehead atoms. The number of thiophene rings is 1. The lowest BCUT2D eigenvalue weighted by molar-refractivity contribution is 1.25. The molecule has 0 atom stereocenters. The van der Waals surface area contributed by atoms with Gasteiger partial charge in [-0.15, -0.1) is 11.3 Å². The van der Waals surface area contributed by atoms with Crippen LogP contribution in [0.1, 0.15) is 11.1 Å². The first-order valence-electron chi connectivity index (χ1n) is 7.03. The Morgan fingerprint density at radius 2 is 1.71 bits per heavy atom. The molecule has 100 valence electrons. The van der Waals surface area contributed by atoms with E-state index in [0.717, 1.165) is 6.42 Å². The van der Waals surface area contributed by atoms with Crippen LogP contribution in [0.3, 0.4) is 0 Å². The van der Waals surface area contributed by atoms with Gasteiger partial charge in [0.25, 0.3) is 0 Å². The minimum atomic E-state index is 1.03. The van der Waals surface area contributed by atoms with Crippen molar-refractivity contribution >= 4 is 47.4 Å². The molecular weight excluding hydrogens is 340 g/mol. The Morgan fingerprint density at radius 1 is 0.810 bits per heavy atom. The van der Waals surface area contributed by atoms with Gasteiger partial charge in [0.15, 0.2) is 0 Å². The van der Waals surface area contributed by atoms with Gasteiger partial charge in [-0.2, -0.15) is 0 Å². The average molecular weight is 351 g/mol. The third-order valence-electron chi connectivity index (χ3n) is 4.38. The van der Waals surface area contributed by atoms with Crippen molar-refractivity contribution < 1.29 is 0 Å². The standard InChI is InChI=1S/C19H11BrS/c20-17-6-3-5-12-14-10-19-16(9-11(14)8-15(12)17)13-4-1-2-7-18(13)21-19/h1-7,9-10H,8H2. The maximum absolute atomic E-state index is 3.69. The second-order valence-electron chi connectivity index (χ2n) is 5.55. The summed E-state index contributed by atoms with van der Waals surface area (Å²) in [4.78, 5) is 0. The molecule has 0 spiro atoms. The molecule has 0 amide bonds.